The zero-order valence-electron chi connectivity index (χ0n) is 19.7. The molecule has 2 aliphatic rings. The van der Waals surface area contributed by atoms with E-state index >= 15 is 0 Å². The first-order chi connectivity index (χ1) is 15.9. The van der Waals surface area contributed by atoms with E-state index in [1.807, 2.05) is 36.9 Å². The van der Waals surface area contributed by atoms with E-state index in [-0.39, 0.29) is 17.7 Å². The lowest BCUT2D eigenvalue weighted by Crippen LogP contribution is -2.53. The Kier molecular flexibility index (Phi) is 7.49. The van der Waals surface area contributed by atoms with Gasteiger partial charge in [-0.25, -0.2) is 4.98 Å². The van der Waals surface area contributed by atoms with Crippen molar-refractivity contribution in [2.45, 2.75) is 26.7 Å². The molecule has 3 heterocycles. The van der Waals surface area contributed by atoms with Gasteiger partial charge in [-0.3, -0.25) is 14.5 Å². The third kappa shape index (κ3) is 5.65. The summed E-state index contributed by atoms with van der Waals surface area (Å²) in [5.41, 5.74) is 2.03. The number of nitrogens with zero attached hydrogens (tertiary/aromatic N) is 4. The van der Waals surface area contributed by atoms with Gasteiger partial charge in [-0.05, 0) is 45.4 Å². The van der Waals surface area contributed by atoms with Crippen molar-refractivity contribution in [2.24, 2.45) is 5.92 Å². The van der Waals surface area contributed by atoms with Gasteiger partial charge < -0.3 is 19.9 Å². The summed E-state index contributed by atoms with van der Waals surface area (Å²) in [5, 5.41) is 3.55. The maximum atomic E-state index is 13.2. The van der Waals surface area contributed by atoms with Crippen LogP contribution in [-0.4, -0.2) is 79.5 Å². The number of likely N-dealkylation sites (tertiary alicyclic amines) is 1. The topological polar surface area (TPSA) is 78.0 Å². The van der Waals surface area contributed by atoms with Gasteiger partial charge in [0.25, 0.3) is 0 Å². The predicted molar refractivity (Wildman–Crippen MR) is 131 cm³/mol. The Balaban J connectivity index is 1.27. The number of nitrogens with one attached hydrogen (secondary N) is 1. The third-order valence-corrected chi connectivity index (χ3v) is 7.50. The van der Waals surface area contributed by atoms with Crippen LogP contribution in [0.4, 0.5) is 10.8 Å². The van der Waals surface area contributed by atoms with Gasteiger partial charge in [0, 0.05) is 37.6 Å². The minimum absolute atomic E-state index is 0.0475. The van der Waals surface area contributed by atoms with Crippen LogP contribution in [0.3, 0.4) is 0 Å². The number of carbonyl (C=O) groups excluding carboxylic acids is 2. The first-order valence-corrected chi connectivity index (χ1v) is 12.4. The summed E-state index contributed by atoms with van der Waals surface area (Å²) in [7, 11) is 1.69. The summed E-state index contributed by atoms with van der Waals surface area (Å²) in [5.74, 6) is 0.962. The molecule has 0 spiro atoms. The molecule has 9 heteroatoms. The highest BCUT2D eigenvalue weighted by Crippen LogP contribution is 2.29. The largest absolute Gasteiger partial charge is 0.495 e. The Bertz CT molecular complexity index is 967. The lowest BCUT2D eigenvalue weighted by Gasteiger charge is -2.39. The van der Waals surface area contributed by atoms with E-state index in [1.54, 1.807) is 7.11 Å². The van der Waals surface area contributed by atoms with Crippen molar-refractivity contribution in [2.75, 3.05) is 63.1 Å². The summed E-state index contributed by atoms with van der Waals surface area (Å²) < 4.78 is 5.49. The number of aryl methyl sites for hydroxylation is 2. The zero-order chi connectivity index (χ0) is 23.4. The molecule has 2 aromatic rings. The maximum absolute atomic E-state index is 13.2. The number of thiazole rings is 1. The molecule has 2 amide bonds. The quantitative estimate of drug-likeness (QED) is 0.698. The number of hydrogen-bond acceptors (Lipinski definition) is 7. The summed E-state index contributed by atoms with van der Waals surface area (Å²) in [6.45, 7) is 8.70. The van der Waals surface area contributed by atoms with Gasteiger partial charge in [-0.15, -0.1) is 11.3 Å². The molecule has 178 valence electrons. The van der Waals surface area contributed by atoms with Crippen LogP contribution < -0.4 is 15.0 Å². The normalized spacial score (nSPS) is 19.4. The standard InChI is InChI=1S/C24H33N5O3S/c1-17-18(2)33-24(25-17)26-22(30)16-27-10-6-7-19(15-27)23(31)29-13-11-28(12-14-29)20-8-4-5-9-21(20)32-3/h4-5,8-9,19H,6-7,10-16H2,1-3H3,(H,25,26,30). The molecule has 1 unspecified atom stereocenters. The highest BCUT2D eigenvalue weighted by Gasteiger charge is 2.32. The molecule has 8 nitrogen and oxygen atoms in total. The minimum Gasteiger partial charge on any atom is -0.495 e. The van der Waals surface area contributed by atoms with Gasteiger partial charge in [0.2, 0.25) is 11.8 Å². The van der Waals surface area contributed by atoms with Crippen LogP contribution in [0.15, 0.2) is 24.3 Å². The Morgan fingerprint density at radius 2 is 1.91 bits per heavy atom. The van der Waals surface area contributed by atoms with E-state index in [2.05, 4.69) is 26.2 Å². The number of para-hydroxylation sites is 2. The van der Waals surface area contributed by atoms with Crippen molar-refractivity contribution in [3.63, 3.8) is 0 Å². The number of hydrogen-bond donors (Lipinski definition) is 1. The van der Waals surface area contributed by atoms with E-state index in [0.717, 1.165) is 54.5 Å². The highest BCUT2D eigenvalue weighted by molar-refractivity contribution is 7.15. The number of amides is 2. The second-order valence-corrected chi connectivity index (χ2v) is 9.97. The van der Waals surface area contributed by atoms with Gasteiger partial charge in [-0.1, -0.05) is 12.1 Å². The second-order valence-electron chi connectivity index (χ2n) is 8.77. The Hall–Kier alpha value is -2.65. The molecule has 0 radical (unpaired) electrons. The fourth-order valence-corrected chi connectivity index (χ4v) is 5.44. The van der Waals surface area contributed by atoms with Gasteiger partial charge >= 0.3 is 0 Å². The molecule has 2 fully saturated rings. The lowest BCUT2D eigenvalue weighted by molar-refractivity contribution is -0.138. The van der Waals surface area contributed by atoms with Crippen molar-refractivity contribution in [3.05, 3.63) is 34.8 Å². The van der Waals surface area contributed by atoms with Crippen LogP contribution in [0.25, 0.3) is 0 Å². The molecular weight excluding hydrogens is 438 g/mol. The first kappa shape index (κ1) is 23.5. The minimum atomic E-state index is -0.0673. The zero-order valence-corrected chi connectivity index (χ0v) is 20.5. The fraction of sp³-hybridized carbons (Fsp3) is 0.542. The molecule has 4 rings (SSSR count). The molecule has 33 heavy (non-hydrogen) atoms. The van der Waals surface area contributed by atoms with Crippen LogP contribution in [0.5, 0.6) is 5.75 Å². The van der Waals surface area contributed by atoms with Crippen LogP contribution in [0.2, 0.25) is 0 Å². The predicted octanol–water partition coefficient (Wildman–Crippen LogP) is 2.77. The van der Waals surface area contributed by atoms with Crippen LogP contribution in [0.1, 0.15) is 23.4 Å². The first-order valence-electron chi connectivity index (χ1n) is 11.6. The fourth-order valence-electron chi connectivity index (χ4n) is 4.61. The van der Waals surface area contributed by atoms with Crippen LogP contribution in [-0.2, 0) is 9.59 Å². The number of benzene rings is 1. The molecule has 1 aromatic heterocycles. The average molecular weight is 472 g/mol. The van der Waals surface area contributed by atoms with E-state index < -0.39 is 0 Å². The monoisotopic (exact) mass is 471 g/mol. The molecule has 0 saturated carbocycles. The highest BCUT2D eigenvalue weighted by atomic mass is 32.1. The van der Waals surface area contributed by atoms with Crippen LogP contribution >= 0.6 is 11.3 Å². The van der Waals surface area contributed by atoms with Crippen molar-refractivity contribution in [3.8, 4) is 5.75 Å². The smallest absolute Gasteiger partial charge is 0.240 e. The second kappa shape index (κ2) is 10.5. The van der Waals surface area contributed by atoms with E-state index in [9.17, 15) is 9.59 Å². The SMILES string of the molecule is COc1ccccc1N1CCN(C(=O)C2CCCN(CC(=O)Nc3nc(C)c(C)s3)C2)CC1. The number of aromatic nitrogens is 1. The van der Waals surface area contributed by atoms with Crippen molar-refractivity contribution >= 4 is 34.0 Å². The van der Waals surface area contributed by atoms with Gasteiger partial charge in [-0.2, -0.15) is 0 Å². The number of piperidine rings is 1. The average Bonchev–Trinajstić information content (AvgIpc) is 3.15. The summed E-state index contributed by atoms with van der Waals surface area (Å²) >= 11 is 1.50. The number of ether oxygens (including phenoxy) is 1. The molecule has 2 aliphatic heterocycles. The van der Waals surface area contributed by atoms with E-state index in [0.29, 0.717) is 31.3 Å². The third-order valence-electron chi connectivity index (χ3n) is 6.51. The summed E-state index contributed by atoms with van der Waals surface area (Å²) in [4.78, 5) is 37.6. The van der Waals surface area contributed by atoms with Crippen molar-refractivity contribution < 1.29 is 14.3 Å². The number of carbonyl (C=O) groups is 2. The Morgan fingerprint density at radius 3 is 2.61 bits per heavy atom. The molecule has 1 N–H and O–H groups in total. The molecule has 0 bridgehead atoms. The summed E-state index contributed by atoms with van der Waals surface area (Å²) in [6, 6.07) is 8.01. The Labute approximate surface area is 199 Å². The molecular formula is C24H33N5O3S. The maximum Gasteiger partial charge on any atom is 0.240 e. The van der Waals surface area contributed by atoms with E-state index in [1.165, 1.54) is 11.3 Å². The van der Waals surface area contributed by atoms with E-state index in [4.69, 9.17) is 4.74 Å². The van der Waals surface area contributed by atoms with Gasteiger partial charge in [0.15, 0.2) is 5.13 Å². The molecule has 0 aliphatic carbocycles. The lowest BCUT2D eigenvalue weighted by atomic mass is 9.96. The molecule has 2 saturated heterocycles. The summed E-state index contributed by atoms with van der Waals surface area (Å²) in [6.07, 6.45) is 1.81. The number of anilines is 2. The van der Waals surface area contributed by atoms with Crippen molar-refractivity contribution in [1.29, 1.82) is 0 Å². The van der Waals surface area contributed by atoms with Gasteiger partial charge in [0.05, 0.1) is 31.0 Å². The number of rotatable bonds is 6. The van der Waals surface area contributed by atoms with Crippen molar-refractivity contribution in [1.82, 2.24) is 14.8 Å². The van der Waals surface area contributed by atoms with Crippen LogP contribution in [0, 0.1) is 19.8 Å². The number of methoxy groups -OCH3 is 1. The Morgan fingerprint density at radius 1 is 1.15 bits per heavy atom. The molecule has 1 aromatic carbocycles. The van der Waals surface area contributed by atoms with Gasteiger partial charge in [0.1, 0.15) is 5.75 Å². The molecule has 1 atom stereocenters. The number of piperazine rings is 1.